The summed E-state index contributed by atoms with van der Waals surface area (Å²) < 4.78 is 50.7. The summed E-state index contributed by atoms with van der Waals surface area (Å²) in [5.74, 6) is 1.16. The number of benzene rings is 2. The van der Waals surface area contributed by atoms with Gasteiger partial charge in [-0.25, -0.2) is 0 Å². The van der Waals surface area contributed by atoms with Crippen molar-refractivity contribution in [3.8, 4) is 11.5 Å². The number of anilines is 1. The maximum atomic E-state index is 13.2. The van der Waals surface area contributed by atoms with Gasteiger partial charge >= 0.3 is 6.18 Å². The fourth-order valence-electron chi connectivity index (χ4n) is 3.03. The molecule has 3 rings (SSSR count). The van der Waals surface area contributed by atoms with Crippen molar-refractivity contribution in [2.75, 3.05) is 24.5 Å². The molecule has 0 fully saturated rings. The average Bonchev–Trinajstić information content (AvgIpc) is 3.06. The molecule has 0 N–H and O–H groups in total. The lowest BCUT2D eigenvalue weighted by Crippen LogP contribution is -2.29. The molecule has 29 heavy (non-hydrogen) atoms. The number of amides is 1. The molecule has 0 aromatic heterocycles. The molecule has 156 valence electrons. The van der Waals surface area contributed by atoms with Crippen molar-refractivity contribution in [1.29, 1.82) is 0 Å². The Kier molecular flexibility index (Phi) is 6.53. The number of thioether (sulfide) groups is 1. The van der Waals surface area contributed by atoms with Crippen LogP contribution in [0.15, 0.2) is 41.3 Å². The molecular weight excluding hydrogens is 427 g/mol. The zero-order chi connectivity index (χ0) is 21.2. The van der Waals surface area contributed by atoms with Crippen molar-refractivity contribution in [3.05, 3.63) is 47.5 Å². The van der Waals surface area contributed by atoms with Crippen molar-refractivity contribution in [2.24, 2.45) is 0 Å². The average molecular weight is 446 g/mol. The van der Waals surface area contributed by atoms with E-state index in [9.17, 15) is 18.0 Å². The van der Waals surface area contributed by atoms with Gasteiger partial charge in [-0.2, -0.15) is 13.2 Å². The minimum Gasteiger partial charge on any atom is -0.497 e. The van der Waals surface area contributed by atoms with Crippen molar-refractivity contribution in [2.45, 2.75) is 29.8 Å². The molecule has 4 nitrogen and oxygen atoms in total. The predicted octanol–water partition coefficient (Wildman–Crippen LogP) is 5.88. The molecule has 0 bridgehead atoms. The van der Waals surface area contributed by atoms with Crippen LogP contribution >= 0.6 is 23.4 Å². The highest BCUT2D eigenvalue weighted by Crippen LogP contribution is 2.54. The van der Waals surface area contributed by atoms with Crippen LogP contribution in [-0.2, 0) is 11.0 Å². The number of nitrogens with zero attached hydrogens (tertiary/aromatic N) is 1. The number of rotatable bonds is 6. The van der Waals surface area contributed by atoms with Crippen molar-refractivity contribution in [3.63, 3.8) is 0 Å². The Labute approximate surface area is 175 Å². The maximum absolute atomic E-state index is 13.2. The number of carbonyl (C=O) groups excluding carboxylic acids is 1. The lowest BCUT2D eigenvalue weighted by atomic mass is 10.1. The van der Waals surface area contributed by atoms with Gasteiger partial charge in [0, 0.05) is 23.3 Å². The Morgan fingerprint density at radius 3 is 2.62 bits per heavy atom. The molecule has 0 saturated carbocycles. The largest absolute Gasteiger partial charge is 0.497 e. The number of hydrogen-bond donors (Lipinski definition) is 0. The summed E-state index contributed by atoms with van der Waals surface area (Å²) in [7, 11) is 1.52. The first-order valence-corrected chi connectivity index (χ1v) is 10.2. The summed E-state index contributed by atoms with van der Waals surface area (Å²) in [6, 6.07) is 8.62. The number of hydrogen-bond acceptors (Lipinski definition) is 4. The highest BCUT2D eigenvalue weighted by atomic mass is 35.5. The smallest absolute Gasteiger partial charge is 0.416 e. The third-order valence-corrected chi connectivity index (χ3v) is 5.93. The Bertz CT molecular complexity index is 907. The summed E-state index contributed by atoms with van der Waals surface area (Å²) in [5, 5.41) is -0.577. The molecule has 2 aromatic carbocycles. The molecule has 1 atom stereocenters. The quantitative estimate of drug-likeness (QED) is 0.411. The van der Waals surface area contributed by atoms with E-state index in [1.165, 1.54) is 36.8 Å². The van der Waals surface area contributed by atoms with Gasteiger partial charge in [-0.05, 0) is 42.8 Å². The molecule has 0 spiro atoms. The van der Waals surface area contributed by atoms with Gasteiger partial charge in [0.05, 0.1) is 25.0 Å². The Balaban J connectivity index is 2.05. The molecule has 0 saturated heterocycles. The van der Waals surface area contributed by atoms with Crippen LogP contribution in [0.1, 0.15) is 29.8 Å². The van der Waals surface area contributed by atoms with Crippen LogP contribution in [-0.4, -0.2) is 25.5 Å². The third kappa shape index (κ3) is 4.59. The molecule has 0 radical (unpaired) electrons. The van der Waals surface area contributed by atoms with E-state index < -0.39 is 17.1 Å². The van der Waals surface area contributed by atoms with E-state index in [4.69, 9.17) is 21.1 Å². The first-order chi connectivity index (χ1) is 13.8. The lowest BCUT2D eigenvalue weighted by molar-refractivity contribution is -0.137. The molecule has 1 aliphatic rings. The summed E-state index contributed by atoms with van der Waals surface area (Å²) >= 11 is 7.00. The number of methoxy groups -OCH3 is 1. The Morgan fingerprint density at radius 1 is 1.24 bits per heavy atom. The van der Waals surface area contributed by atoms with Crippen molar-refractivity contribution in [1.82, 2.24) is 0 Å². The number of alkyl halides is 4. The highest BCUT2D eigenvalue weighted by molar-refractivity contribution is 8.00. The van der Waals surface area contributed by atoms with Gasteiger partial charge in [-0.1, -0.05) is 11.8 Å². The topological polar surface area (TPSA) is 38.8 Å². The molecule has 1 heterocycles. The maximum Gasteiger partial charge on any atom is 0.416 e. The molecular formula is C20H19ClF3NO3S. The van der Waals surface area contributed by atoms with E-state index >= 15 is 0 Å². The number of fused-ring (bicyclic) bond motifs is 1. The zero-order valence-electron chi connectivity index (χ0n) is 15.8. The van der Waals surface area contributed by atoms with Crippen LogP contribution in [0.4, 0.5) is 18.9 Å². The van der Waals surface area contributed by atoms with E-state index in [0.29, 0.717) is 40.9 Å². The predicted molar refractivity (Wildman–Crippen MR) is 107 cm³/mol. The van der Waals surface area contributed by atoms with E-state index in [1.807, 2.05) is 0 Å². The van der Waals surface area contributed by atoms with Crippen LogP contribution < -0.4 is 14.4 Å². The number of halogens is 4. The second kappa shape index (κ2) is 8.75. The zero-order valence-corrected chi connectivity index (χ0v) is 17.3. The fourth-order valence-corrected chi connectivity index (χ4v) is 4.49. The van der Waals surface area contributed by atoms with E-state index in [0.717, 1.165) is 12.1 Å². The van der Waals surface area contributed by atoms with Gasteiger partial charge in [-0.3, -0.25) is 9.69 Å². The Hall–Kier alpha value is -2.06. The van der Waals surface area contributed by atoms with E-state index in [2.05, 4.69) is 0 Å². The number of carbonyl (C=O) groups is 1. The third-order valence-electron chi connectivity index (χ3n) is 4.38. The minimum absolute atomic E-state index is 0.233. The van der Waals surface area contributed by atoms with Crippen molar-refractivity contribution < 1.29 is 27.4 Å². The van der Waals surface area contributed by atoms with Crippen molar-refractivity contribution >= 4 is 35.0 Å². The van der Waals surface area contributed by atoms with Gasteiger partial charge < -0.3 is 9.47 Å². The number of ether oxygens (including phenoxy) is 2. The Morgan fingerprint density at radius 2 is 2.00 bits per heavy atom. The standard InChI is InChI=1S/C20H19ClF3NO3S/c1-12(26)25-16-10-13(20(22,23)24)4-7-18(16)29-19(25)15-11-14(27-2)5-6-17(15)28-9-3-8-21/h4-7,10-11,19H,3,8-9H2,1-2H3. The van der Waals surface area contributed by atoms with Gasteiger partial charge in [0.25, 0.3) is 0 Å². The molecule has 1 amide bonds. The van der Waals surface area contributed by atoms with Gasteiger partial charge in [-0.15, -0.1) is 11.6 Å². The van der Waals surface area contributed by atoms with Crippen LogP contribution in [0.3, 0.4) is 0 Å². The van der Waals surface area contributed by atoms with Gasteiger partial charge in [0.1, 0.15) is 16.9 Å². The first-order valence-electron chi connectivity index (χ1n) is 8.80. The second-order valence-corrected chi connectivity index (χ2v) is 7.83. The van der Waals surface area contributed by atoms with Crippen LogP contribution in [0.5, 0.6) is 11.5 Å². The van der Waals surface area contributed by atoms with E-state index in [-0.39, 0.29) is 11.6 Å². The summed E-state index contributed by atoms with van der Waals surface area (Å²) in [6.07, 6.45) is -3.86. The van der Waals surface area contributed by atoms with Gasteiger partial charge in [0.2, 0.25) is 5.91 Å². The monoisotopic (exact) mass is 445 g/mol. The molecule has 2 aromatic rings. The summed E-state index contributed by atoms with van der Waals surface area (Å²) in [6.45, 7) is 1.71. The molecule has 1 unspecified atom stereocenters. The fraction of sp³-hybridized carbons (Fsp3) is 0.350. The van der Waals surface area contributed by atoms with Crippen LogP contribution in [0.2, 0.25) is 0 Å². The minimum atomic E-state index is -4.49. The normalized spacial score (nSPS) is 15.9. The summed E-state index contributed by atoms with van der Waals surface area (Å²) in [5.41, 5.74) is 0.0775. The molecule has 1 aliphatic heterocycles. The molecule has 0 aliphatic carbocycles. The molecule has 9 heteroatoms. The van der Waals surface area contributed by atoms with Crippen LogP contribution in [0, 0.1) is 0 Å². The second-order valence-electron chi connectivity index (χ2n) is 6.33. The first kappa shape index (κ1) is 21.6. The lowest BCUT2D eigenvalue weighted by Gasteiger charge is -2.26. The van der Waals surface area contributed by atoms with Gasteiger partial charge in [0.15, 0.2) is 0 Å². The van der Waals surface area contributed by atoms with E-state index in [1.54, 1.807) is 18.2 Å². The van der Waals surface area contributed by atoms with Crippen LogP contribution in [0.25, 0.3) is 0 Å². The summed E-state index contributed by atoms with van der Waals surface area (Å²) in [4.78, 5) is 14.4. The SMILES string of the molecule is COc1ccc(OCCCCl)c(C2Sc3ccc(C(F)(F)F)cc3N2C(C)=O)c1. The highest BCUT2D eigenvalue weighted by Gasteiger charge is 2.39.